The molecule has 1 aromatic carbocycles. The molecule has 1 aromatic heterocycles. The fourth-order valence-corrected chi connectivity index (χ4v) is 7.30. The molecule has 2 atom stereocenters. The van der Waals surface area contributed by atoms with Crippen LogP contribution in [0.1, 0.15) is 55.3 Å². The lowest BCUT2D eigenvalue weighted by molar-refractivity contribution is 0.0254. The van der Waals surface area contributed by atoms with Gasteiger partial charge in [0, 0.05) is 50.8 Å². The van der Waals surface area contributed by atoms with Crippen LogP contribution in [0.25, 0.3) is 0 Å². The van der Waals surface area contributed by atoms with Gasteiger partial charge in [0.05, 0.1) is 60.7 Å². The quantitative estimate of drug-likeness (QED) is 0.573. The van der Waals surface area contributed by atoms with Gasteiger partial charge in [0.15, 0.2) is 11.7 Å². The van der Waals surface area contributed by atoms with Crippen molar-refractivity contribution in [2.75, 3.05) is 54.6 Å². The molecule has 2 saturated heterocycles. The smallest absolute Gasteiger partial charge is 0.156 e. The van der Waals surface area contributed by atoms with Gasteiger partial charge in [-0.3, -0.25) is 4.99 Å². The lowest BCUT2D eigenvalue weighted by Crippen LogP contribution is -2.54. The summed E-state index contributed by atoms with van der Waals surface area (Å²) in [6.45, 7) is 6.20. The van der Waals surface area contributed by atoms with E-state index in [9.17, 15) is 10.4 Å². The second kappa shape index (κ2) is 10.2. The molecule has 41 heavy (non-hydrogen) atoms. The highest BCUT2D eigenvalue weighted by molar-refractivity contribution is 6.12. The van der Waals surface area contributed by atoms with E-state index in [0.29, 0.717) is 36.6 Å². The fraction of sp³-hybridized carbons (Fsp3) is 0.600. The molecule has 1 saturated carbocycles. The maximum atomic E-state index is 10.4. The van der Waals surface area contributed by atoms with Gasteiger partial charge in [-0.2, -0.15) is 5.26 Å². The van der Waals surface area contributed by atoms with Crippen molar-refractivity contribution in [3.63, 3.8) is 0 Å². The molecule has 5 heterocycles. The summed E-state index contributed by atoms with van der Waals surface area (Å²) in [5, 5.41) is 20.0. The Kier molecular flexibility index (Phi) is 6.62. The number of fused-ring (bicyclic) bond motifs is 2. The van der Waals surface area contributed by atoms with Crippen LogP contribution in [0.15, 0.2) is 23.2 Å². The van der Waals surface area contributed by atoms with Crippen molar-refractivity contribution in [3.8, 4) is 6.07 Å². The van der Waals surface area contributed by atoms with Gasteiger partial charge < -0.3 is 35.0 Å². The number of aliphatic hydroxyl groups excluding tert-OH is 1. The van der Waals surface area contributed by atoms with Crippen molar-refractivity contribution in [3.05, 3.63) is 40.8 Å². The van der Waals surface area contributed by atoms with Crippen LogP contribution in [0, 0.1) is 16.7 Å². The molecule has 4 aliphatic heterocycles. The van der Waals surface area contributed by atoms with Crippen molar-refractivity contribution in [2.45, 2.75) is 70.1 Å². The first-order chi connectivity index (χ1) is 19.9. The summed E-state index contributed by atoms with van der Waals surface area (Å²) in [7, 11) is 1.77. The van der Waals surface area contributed by atoms with Crippen LogP contribution in [0.4, 0.5) is 17.2 Å². The Morgan fingerprint density at radius 3 is 2.66 bits per heavy atom. The molecule has 7 rings (SSSR count). The minimum atomic E-state index is -0.192. The summed E-state index contributed by atoms with van der Waals surface area (Å²) in [5.74, 6) is 1.53. The Labute approximate surface area is 240 Å². The second-order valence-corrected chi connectivity index (χ2v) is 12.1. The molecular weight excluding hydrogens is 520 g/mol. The number of ether oxygens (including phenoxy) is 2. The zero-order valence-electron chi connectivity index (χ0n) is 23.8. The van der Waals surface area contributed by atoms with Crippen molar-refractivity contribution in [2.24, 2.45) is 16.1 Å². The molecule has 11 heteroatoms. The highest BCUT2D eigenvalue weighted by atomic mass is 16.5. The fourth-order valence-electron chi connectivity index (χ4n) is 7.30. The first-order valence-corrected chi connectivity index (χ1v) is 14.7. The van der Waals surface area contributed by atoms with Crippen molar-refractivity contribution >= 4 is 23.0 Å². The topological polar surface area (TPSA) is 136 Å². The van der Waals surface area contributed by atoms with Gasteiger partial charge in [-0.1, -0.05) is 0 Å². The van der Waals surface area contributed by atoms with E-state index < -0.39 is 0 Å². The Bertz CT molecular complexity index is 1410. The van der Waals surface area contributed by atoms with Crippen LogP contribution in [0.2, 0.25) is 0 Å². The molecule has 5 aliphatic rings. The van der Waals surface area contributed by atoms with Crippen molar-refractivity contribution < 1.29 is 14.6 Å². The van der Waals surface area contributed by atoms with Crippen molar-refractivity contribution in [1.29, 1.82) is 5.26 Å². The number of hydrogen-bond donors (Lipinski definition) is 2. The molecule has 3 fully saturated rings. The summed E-state index contributed by atoms with van der Waals surface area (Å²) in [6, 6.07) is 8.60. The number of aromatic nitrogens is 2. The minimum absolute atomic E-state index is 0.0145. The summed E-state index contributed by atoms with van der Waals surface area (Å²) in [4.78, 5) is 21.8. The van der Waals surface area contributed by atoms with Crippen LogP contribution < -0.4 is 20.4 Å². The zero-order valence-corrected chi connectivity index (χ0v) is 23.8. The minimum Gasteiger partial charge on any atom is -0.390 e. The van der Waals surface area contributed by atoms with Gasteiger partial charge >= 0.3 is 0 Å². The number of hydrogen-bond acceptors (Lipinski definition) is 11. The normalized spacial score (nSPS) is 28.3. The van der Waals surface area contributed by atoms with E-state index in [1.807, 2.05) is 18.2 Å². The van der Waals surface area contributed by atoms with E-state index in [4.69, 9.17) is 30.2 Å². The van der Waals surface area contributed by atoms with Gasteiger partial charge in [-0.05, 0) is 50.8 Å². The van der Waals surface area contributed by atoms with Crippen LogP contribution in [0.5, 0.6) is 0 Å². The van der Waals surface area contributed by atoms with Gasteiger partial charge in [0.25, 0.3) is 0 Å². The number of rotatable bonds is 4. The Hall–Kier alpha value is -3.30. The van der Waals surface area contributed by atoms with E-state index in [-0.39, 0.29) is 24.2 Å². The summed E-state index contributed by atoms with van der Waals surface area (Å²) < 4.78 is 11.4. The molecule has 0 bridgehead atoms. The van der Waals surface area contributed by atoms with E-state index in [0.717, 1.165) is 86.3 Å². The first kappa shape index (κ1) is 26.6. The Morgan fingerprint density at radius 1 is 1.17 bits per heavy atom. The zero-order chi connectivity index (χ0) is 28.3. The van der Waals surface area contributed by atoms with Crippen LogP contribution in [-0.2, 0) is 22.6 Å². The highest BCUT2D eigenvalue weighted by Gasteiger charge is 2.48. The SMILES string of the molecule is COC1CC(N2CCN(C3=NCc4nc(N5CCC6(CC5)CO[C@@H](C)[C@H]6N)c(CO)nc43)c3ccc(C#N)cc32)C1. The largest absolute Gasteiger partial charge is 0.390 e. The summed E-state index contributed by atoms with van der Waals surface area (Å²) >= 11 is 0. The van der Waals surface area contributed by atoms with E-state index in [1.165, 1.54) is 0 Å². The number of methoxy groups -OCH3 is 1. The molecule has 0 amide bonds. The highest BCUT2D eigenvalue weighted by Crippen LogP contribution is 2.43. The third kappa shape index (κ3) is 4.27. The standard InChI is InChI=1S/C30H38N8O3/c1-18-27(32)30(17-41-18)5-7-36(8-6-30)28-23(16-39)34-26-22(35-28)15-33-29(26)38-10-9-37(20-12-21(13-20)40-2)25-11-19(14-31)3-4-24(25)38/h3-4,11,18,20-21,27,39H,5-10,12-13,15-17,32H2,1-2H3/t18-,20?,21?,27+/m0/s1. The molecular formula is C30H38N8O3. The average Bonchev–Trinajstić information content (AvgIpc) is 3.52. The second-order valence-electron chi connectivity index (χ2n) is 12.1. The number of benzene rings is 1. The number of nitriles is 1. The van der Waals surface area contributed by atoms with E-state index in [1.54, 1.807) is 7.11 Å². The first-order valence-electron chi connectivity index (χ1n) is 14.7. The maximum absolute atomic E-state index is 10.4. The number of aliphatic hydroxyl groups is 1. The van der Waals surface area contributed by atoms with Gasteiger partial charge in [0.1, 0.15) is 11.4 Å². The molecule has 1 spiro atoms. The molecule has 11 nitrogen and oxygen atoms in total. The summed E-state index contributed by atoms with van der Waals surface area (Å²) in [6.07, 6.45) is 4.22. The monoisotopic (exact) mass is 558 g/mol. The van der Waals surface area contributed by atoms with E-state index >= 15 is 0 Å². The third-order valence-corrected chi connectivity index (χ3v) is 10.0. The number of anilines is 3. The predicted octanol–water partition coefficient (Wildman–Crippen LogP) is 1.94. The lowest BCUT2D eigenvalue weighted by Gasteiger charge is -2.48. The molecule has 2 aromatic rings. The average molecular weight is 559 g/mol. The maximum Gasteiger partial charge on any atom is 0.156 e. The number of nitrogens with zero attached hydrogens (tertiary/aromatic N) is 7. The van der Waals surface area contributed by atoms with Crippen LogP contribution in [0.3, 0.4) is 0 Å². The molecule has 0 radical (unpaired) electrons. The Morgan fingerprint density at radius 2 is 1.98 bits per heavy atom. The number of aliphatic imine (C=N–C) groups is 1. The van der Waals surface area contributed by atoms with E-state index in [2.05, 4.69) is 27.7 Å². The van der Waals surface area contributed by atoms with Crippen LogP contribution in [-0.4, -0.2) is 85.1 Å². The molecule has 216 valence electrons. The lowest BCUT2D eigenvalue weighted by atomic mass is 9.73. The molecule has 1 aliphatic carbocycles. The van der Waals surface area contributed by atoms with Gasteiger partial charge in [-0.25, -0.2) is 9.97 Å². The van der Waals surface area contributed by atoms with Crippen molar-refractivity contribution in [1.82, 2.24) is 9.97 Å². The summed E-state index contributed by atoms with van der Waals surface area (Å²) in [5.41, 5.74) is 11.4. The predicted molar refractivity (Wildman–Crippen MR) is 155 cm³/mol. The van der Waals surface area contributed by atoms with Crippen LogP contribution >= 0.6 is 0 Å². The van der Waals surface area contributed by atoms with Gasteiger partial charge in [-0.15, -0.1) is 0 Å². The molecule has 3 N–H and O–H groups in total. The molecule has 0 unspecified atom stereocenters. The third-order valence-electron chi connectivity index (χ3n) is 10.0. The number of nitrogens with two attached hydrogens (primary N) is 1. The number of piperidine rings is 1. The number of amidine groups is 1. The Balaban J connectivity index is 1.15. The van der Waals surface area contributed by atoms with Gasteiger partial charge in [0.2, 0.25) is 0 Å².